The minimum atomic E-state index is -4.35. The Labute approximate surface area is 351 Å². The predicted octanol–water partition coefficient (Wildman–Crippen LogP) is 8.47. The highest BCUT2D eigenvalue weighted by Gasteiger charge is 2.48. The molecule has 294 valence electrons. The molecule has 14 heteroatoms. The zero-order valence-electron chi connectivity index (χ0n) is 32.7. The van der Waals surface area contributed by atoms with Crippen molar-refractivity contribution in [2.24, 2.45) is 30.0 Å². The lowest BCUT2D eigenvalue weighted by Crippen LogP contribution is -2.48. The van der Waals surface area contributed by atoms with Gasteiger partial charge in [0.05, 0.1) is 13.2 Å². The summed E-state index contributed by atoms with van der Waals surface area (Å²) in [5.74, 6) is 8.39. The van der Waals surface area contributed by atoms with Gasteiger partial charge in [0.15, 0.2) is 23.3 Å². The fourth-order valence-electron chi connectivity index (χ4n) is 8.06. The summed E-state index contributed by atoms with van der Waals surface area (Å²) in [5, 5.41) is 3.20. The number of benzene rings is 4. The number of hydrogen-bond acceptors (Lipinski definition) is 10. The number of fused-ring (bicyclic) bond motifs is 14. The lowest BCUT2D eigenvalue weighted by molar-refractivity contribution is 0.149. The van der Waals surface area contributed by atoms with Gasteiger partial charge < -0.3 is 10.7 Å². The minimum Gasteiger partial charge on any atom is -0.373 e. The number of aliphatic imine (C=N–C) groups is 4. The molecular formula is C46H38AlN8O4P. The molecule has 6 bridgehead atoms. The van der Waals surface area contributed by atoms with Crippen molar-refractivity contribution in [3.8, 4) is 24.7 Å². The van der Waals surface area contributed by atoms with Gasteiger partial charge in [0.2, 0.25) is 0 Å². The van der Waals surface area contributed by atoms with Crippen LogP contribution in [0.25, 0.3) is 21.5 Å². The summed E-state index contributed by atoms with van der Waals surface area (Å²) in [5.41, 5.74) is 4.40. The molecule has 0 radical (unpaired) electrons. The van der Waals surface area contributed by atoms with Crippen molar-refractivity contribution in [3.05, 3.63) is 130 Å². The molecular weight excluding hydrogens is 787 g/mol. The SMILES string of the molecule is C#CCCCCCOP(=O)(OCCCCCC#C)[O][Al]1[n]2c3c4ccccc4c2N=C2N=C(N=c4c5ccccc5c([n]41)=NC1=NC(=N3)c3ccccc31)c1ccccc12. The van der Waals surface area contributed by atoms with Crippen LogP contribution in [-0.4, -0.2) is 58.6 Å². The molecule has 0 fully saturated rings. The predicted molar refractivity (Wildman–Crippen MR) is 236 cm³/mol. The molecule has 2 aromatic heterocycles. The summed E-state index contributed by atoms with van der Waals surface area (Å²) in [7, 11) is -4.35. The maximum Gasteiger partial charge on any atom is 0.818 e. The molecule has 0 unspecified atom stereocenters. The Balaban J connectivity index is 1.28. The van der Waals surface area contributed by atoms with Gasteiger partial charge in [0.25, 0.3) is 0 Å². The van der Waals surface area contributed by atoms with E-state index < -0.39 is 22.7 Å². The molecule has 4 aromatic carbocycles. The molecule has 0 aliphatic carbocycles. The van der Waals surface area contributed by atoms with Gasteiger partial charge >= 0.3 is 22.7 Å². The monoisotopic (exact) mass is 824 g/mol. The van der Waals surface area contributed by atoms with Crippen molar-refractivity contribution >= 4 is 79.3 Å². The van der Waals surface area contributed by atoms with Crippen LogP contribution in [0, 0.1) is 24.7 Å². The standard InChI is InChI=1S/C32H16N8.C14H23O4P.Al/c1-2-10-18-17(9-1)25-33-26(18)38-28-21-13-5-6-14-22(21)30(35-28)40-32-24-16-8-7-15-23(24)31(36-32)39-29-20-12-4-3-11-19(20)27(34-29)37-25;1-3-5-7-9-11-13-17-19(15,16)18-14-12-10-8-6-4-2;/h1-16H;1-2H,5-14H2,(H,15,16);/q-2;;+3/p-1. The fourth-order valence-corrected chi connectivity index (χ4v) is 12.9. The van der Waals surface area contributed by atoms with Crippen LogP contribution >= 0.6 is 7.82 Å². The Bertz CT molecular complexity index is 2930. The molecule has 12 nitrogen and oxygen atoms in total. The summed E-state index contributed by atoms with van der Waals surface area (Å²) in [6.07, 6.45) is 16.8. The molecule has 0 saturated carbocycles. The second-order valence-corrected chi connectivity index (χ2v) is 18.7. The molecule has 0 atom stereocenters. The van der Waals surface area contributed by atoms with Crippen LogP contribution in [0.4, 0.5) is 11.6 Å². The molecule has 4 aliphatic rings. The van der Waals surface area contributed by atoms with Crippen LogP contribution in [0.15, 0.2) is 127 Å². The van der Waals surface area contributed by atoms with Crippen molar-refractivity contribution in [1.29, 1.82) is 0 Å². The third-order valence-corrected chi connectivity index (χ3v) is 15.6. The molecule has 60 heavy (non-hydrogen) atoms. The topological polar surface area (TPSA) is 129 Å². The first-order chi connectivity index (χ1) is 29.5. The average molecular weight is 825 g/mol. The second-order valence-electron chi connectivity index (χ2n) is 14.8. The van der Waals surface area contributed by atoms with Crippen molar-refractivity contribution in [1.82, 2.24) is 7.10 Å². The summed E-state index contributed by atoms with van der Waals surface area (Å²) in [6, 6.07) is 31.8. The number of phosphoric ester groups is 1. The van der Waals surface area contributed by atoms with Gasteiger partial charge in [-0.15, -0.1) is 24.7 Å². The minimum absolute atomic E-state index is 0.137. The Morgan fingerprint density at radius 2 is 0.900 bits per heavy atom. The highest BCUT2D eigenvalue weighted by molar-refractivity contribution is 7.49. The number of aromatic nitrogens is 2. The van der Waals surface area contributed by atoms with E-state index in [4.69, 9.17) is 55.4 Å². The number of unbranched alkanes of at least 4 members (excludes halogenated alkanes) is 6. The Morgan fingerprint density at radius 3 is 1.33 bits per heavy atom. The number of phosphoric acid groups is 1. The van der Waals surface area contributed by atoms with Crippen molar-refractivity contribution in [3.63, 3.8) is 0 Å². The third kappa shape index (κ3) is 6.80. The van der Waals surface area contributed by atoms with Crippen molar-refractivity contribution < 1.29 is 17.2 Å². The van der Waals surface area contributed by atoms with Crippen molar-refractivity contribution in [2.45, 2.75) is 51.4 Å². The lowest BCUT2D eigenvalue weighted by Gasteiger charge is -2.24. The largest absolute Gasteiger partial charge is 0.818 e. The molecule has 0 saturated heterocycles. The van der Waals surface area contributed by atoms with Crippen molar-refractivity contribution in [2.75, 3.05) is 13.2 Å². The van der Waals surface area contributed by atoms with Crippen LogP contribution < -0.4 is 11.0 Å². The van der Waals surface area contributed by atoms with E-state index >= 15 is 4.57 Å². The van der Waals surface area contributed by atoms with Crippen LogP contribution in [0.3, 0.4) is 0 Å². The molecule has 6 aromatic rings. The first-order valence-electron chi connectivity index (χ1n) is 20.2. The molecule has 6 heterocycles. The van der Waals surface area contributed by atoms with Crippen LogP contribution in [0.1, 0.15) is 73.6 Å². The maximum atomic E-state index is 15.5. The van der Waals surface area contributed by atoms with Gasteiger partial charge in [0.1, 0.15) is 22.6 Å². The summed E-state index contributed by atoms with van der Waals surface area (Å²) in [4.78, 5) is 31.6. The third-order valence-electron chi connectivity index (χ3n) is 10.9. The average Bonchev–Trinajstić information content (AvgIpc) is 3.99. The fraction of sp³-hybridized carbons (Fsp3) is 0.217. The van der Waals surface area contributed by atoms with Gasteiger partial charge in [0, 0.05) is 56.6 Å². The normalized spacial score (nSPS) is 14.5. The Morgan fingerprint density at radius 1 is 0.500 bits per heavy atom. The maximum absolute atomic E-state index is 15.5. The lowest BCUT2D eigenvalue weighted by atomic mass is 10.1. The van der Waals surface area contributed by atoms with E-state index in [1.54, 1.807) is 0 Å². The van der Waals surface area contributed by atoms with Gasteiger partial charge in [-0.2, -0.15) is 0 Å². The van der Waals surface area contributed by atoms with Gasteiger partial charge in [-0.1, -0.05) is 110 Å². The number of hydrogen-bond donors (Lipinski definition) is 0. The van der Waals surface area contributed by atoms with Crippen LogP contribution in [-0.2, 0) is 17.2 Å². The van der Waals surface area contributed by atoms with E-state index in [1.807, 2.05) is 104 Å². The summed E-state index contributed by atoms with van der Waals surface area (Å²) < 4.78 is 39.2. The first kappa shape index (κ1) is 38.2. The number of rotatable bonds is 14. The highest BCUT2D eigenvalue weighted by atomic mass is 31.2. The van der Waals surface area contributed by atoms with Gasteiger partial charge in [-0.05, 0) is 25.7 Å². The smallest absolute Gasteiger partial charge is 0.373 e. The zero-order valence-corrected chi connectivity index (χ0v) is 34.7. The van der Waals surface area contributed by atoms with E-state index in [0.717, 1.165) is 69.5 Å². The first-order valence-corrected chi connectivity index (χ1v) is 23.2. The summed E-state index contributed by atoms with van der Waals surface area (Å²) in [6.45, 7) is 0.275. The van der Waals surface area contributed by atoms with E-state index in [-0.39, 0.29) is 13.2 Å². The van der Waals surface area contributed by atoms with E-state index in [2.05, 4.69) is 11.8 Å². The molecule has 0 amide bonds. The van der Waals surface area contributed by atoms with Crippen LogP contribution in [0.2, 0.25) is 0 Å². The zero-order chi connectivity index (χ0) is 40.6. The number of terminal acetylenes is 2. The van der Waals surface area contributed by atoms with E-state index in [0.29, 0.717) is 71.6 Å². The van der Waals surface area contributed by atoms with E-state index in [9.17, 15) is 0 Å². The number of nitrogens with zero attached hydrogens (tertiary/aromatic N) is 8. The summed E-state index contributed by atoms with van der Waals surface area (Å²) >= 11 is -3.55. The van der Waals surface area contributed by atoms with Gasteiger partial charge in [-0.25, -0.2) is 34.5 Å². The highest BCUT2D eigenvalue weighted by Crippen LogP contribution is 2.52. The molecule has 0 N–H and O–H groups in total. The quantitative estimate of drug-likeness (QED) is 0.0473. The van der Waals surface area contributed by atoms with E-state index in [1.165, 1.54) is 0 Å². The molecule has 0 spiro atoms. The Hall–Kier alpha value is -6.00. The number of amidine groups is 4. The molecule has 10 rings (SSSR count). The Kier molecular flexibility index (Phi) is 10.3. The second kappa shape index (κ2) is 16.2. The molecule has 4 aliphatic heterocycles. The van der Waals surface area contributed by atoms with Crippen LogP contribution in [0.5, 0.6) is 0 Å². The van der Waals surface area contributed by atoms with Gasteiger partial charge in [-0.3, -0.25) is 9.05 Å².